The van der Waals surface area contributed by atoms with Crippen LogP contribution in [0.5, 0.6) is 0 Å². The second-order valence-electron chi connectivity index (χ2n) is 8.66. The summed E-state index contributed by atoms with van der Waals surface area (Å²) in [6.45, 7) is 8.91. The fraction of sp³-hybridized carbons (Fsp3) is 0.333. The highest BCUT2D eigenvalue weighted by Gasteiger charge is 2.44. The topological polar surface area (TPSA) is 79.7 Å². The molecule has 7 heteroatoms. The zero-order chi connectivity index (χ0) is 21.8. The van der Waals surface area contributed by atoms with Crippen molar-refractivity contribution < 1.29 is 4.79 Å². The van der Waals surface area contributed by atoms with Crippen molar-refractivity contribution in [3.05, 3.63) is 70.8 Å². The van der Waals surface area contributed by atoms with Gasteiger partial charge in [0.2, 0.25) is 0 Å². The van der Waals surface area contributed by atoms with Crippen molar-refractivity contribution in [1.82, 2.24) is 29.9 Å². The lowest BCUT2D eigenvalue weighted by atomic mass is 9.96. The molecule has 0 saturated carbocycles. The molecule has 0 aliphatic carbocycles. The number of hydrogen-bond acceptors (Lipinski definition) is 4. The van der Waals surface area contributed by atoms with Crippen LogP contribution in [0.1, 0.15) is 52.6 Å². The minimum atomic E-state index is -0.504. The van der Waals surface area contributed by atoms with Crippen LogP contribution in [-0.4, -0.2) is 42.3 Å². The summed E-state index contributed by atoms with van der Waals surface area (Å²) in [5.41, 5.74) is 6.07. The van der Waals surface area contributed by atoms with E-state index in [9.17, 15) is 4.79 Å². The standard InChI is InChI=1S/C24H26N6O/c1-15-7-5-8-19-21(15)28-23(27-19)24(4)9-6-12-29(24)22(31)18-13-16(2)17(3)14-20(18)30-25-10-11-26-30/h5,7-8,10-11,13-14H,6,9,12H2,1-4H3,(H,27,28). The Kier molecular flexibility index (Phi) is 4.43. The van der Waals surface area contributed by atoms with Crippen molar-refractivity contribution in [1.29, 1.82) is 0 Å². The molecule has 1 atom stereocenters. The molecule has 1 amide bonds. The molecule has 2 aromatic carbocycles. The fourth-order valence-electron chi connectivity index (χ4n) is 4.59. The van der Waals surface area contributed by atoms with E-state index in [0.717, 1.165) is 46.4 Å². The van der Waals surface area contributed by atoms with Gasteiger partial charge in [-0.15, -0.1) is 0 Å². The lowest BCUT2D eigenvalue weighted by molar-refractivity contribution is 0.0605. The number of hydrogen-bond donors (Lipinski definition) is 1. The summed E-state index contributed by atoms with van der Waals surface area (Å²) in [5, 5.41) is 8.55. The van der Waals surface area contributed by atoms with E-state index >= 15 is 0 Å². The van der Waals surface area contributed by atoms with Gasteiger partial charge >= 0.3 is 0 Å². The zero-order valence-electron chi connectivity index (χ0n) is 18.3. The second kappa shape index (κ2) is 7.04. The Labute approximate surface area is 181 Å². The largest absolute Gasteiger partial charge is 0.340 e. The first-order chi connectivity index (χ1) is 14.9. The highest BCUT2D eigenvalue weighted by molar-refractivity contribution is 5.99. The third-order valence-corrected chi connectivity index (χ3v) is 6.59. The molecule has 1 fully saturated rings. The van der Waals surface area contributed by atoms with E-state index in [1.165, 1.54) is 4.80 Å². The maximum absolute atomic E-state index is 13.9. The lowest BCUT2D eigenvalue weighted by Gasteiger charge is -2.34. The maximum Gasteiger partial charge on any atom is 0.256 e. The zero-order valence-corrected chi connectivity index (χ0v) is 18.3. The van der Waals surface area contributed by atoms with Gasteiger partial charge in [-0.05, 0) is 75.4 Å². The van der Waals surface area contributed by atoms with E-state index in [-0.39, 0.29) is 5.91 Å². The molecule has 0 bridgehead atoms. The Hall–Kier alpha value is -3.48. The van der Waals surface area contributed by atoms with Gasteiger partial charge in [0.1, 0.15) is 5.82 Å². The van der Waals surface area contributed by atoms with Gasteiger partial charge in [-0.3, -0.25) is 4.79 Å². The van der Waals surface area contributed by atoms with Crippen LogP contribution in [0.2, 0.25) is 0 Å². The molecule has 5 rings (SSSR count). The van der Waals surface area contributed by atoms with Gasteiger partial charge in [0, 0.05) is 6.54 Å². The molecule has 1 aliphatic heterocycles. The Morgan fingerprint density at radius 3 is 2.55 bits per heavy atom. The van der Waals surface area contributed by atoms with Crippen LogP contribution in [0.4, 0.5) is 0 Å². The molecular weight excluding hydrogens is 388 g/mol. The van der Waals surface area contributed by atoms with Crippen LogP contribution in [0.15, 0.2) is 42.7 Å². The third-order valence-electron chi connectivity index (χ3n) is 6.59. The Bertz CT molecular complexity index is 1290. The predicted molar refractivity (Wildman–Crippen MR) is 119 cm³/mol. The van der Waals surface area contributed by atoms with Gasteiger partial charge < -0.3 is 9.88 Å². The van der Waals surface area contributed by atoms with Gasteiger partial charge in [0.15, 0.2) is 0 Å². The van der Waals surface area contributed by atoms with Crippen molar-refractivity contribution in [3.8, 4) is 5.69 Å². The van der Waals surface area contributed by atoms with E-state index in [4.69, 9.17) is 4.98 Å². The second-order valence-corrected chi connectivity index (χ2v) is 8.66. The minimum absolute atomic E-state index is 0.0208. The normalized spacial score (nSPS) is 18.8. The number of aromatic amines is 1. The number of rotatable bonds is 3. The quantitative estimate of drug-likeness (QED) is 0.544. The summed E-state index contributed by atoms with van der Waals surface area (Å²) in [6.07, 6.45) is 5.04. The first kappa shape index (κ1) is 19.5. The number of aryl methyl sites for hydroxylation is 3. The summed E-state index contributed by atoms with van der Waals surface area (Å²) in [5.74, 6) is 0.817. The fourth-order valence-corrected chi connectivity index (χ4v) is 4.59. The minimum Gasteiger partial charge on any atom is -0.340 e. The first-order valence-corrected chi connectivity index (χ1v) is 10.6. The number of carbonyl (C=O) groups excluding carboxylic acids is 1. The lowest BCUT2D eigenvalue weighted by Crippen LogP contribution is -2.44. The van der Waals surface area contributed by atoms with E-state index in [1.807, 2.05) is 43.0 Å². The number of benzene rings is 2. The maximum atomic E-state index is 13.9. The number of para-hydroxylation sites is 1. The summed E-state index contributed by atoms with van der Waals surface area (Å²) in [7, 11) is 0. The molecule has 1 N–H and O–H groups in total. The van der Waals surface area contributed by atoms with E-state index in [0.29, 0.717) is 17.8 Å². The SMILES string of the molecule is Cc1cc(C(=O)N2CCCC2(C)c2nc3c(C)cccc3[nH]2)c(-n2nccn2)cc1C. The number of nitrogens with zero attached hydrogens (tertiary/aromatic N) is 5. The highest BCUT2D eigenvalue weighted by atomic mass is 16.2. The number of nitrogens with one attached hydrogen (secondary N) is 1. The molecule has 7 nitrogen and oxygen atoms in total. The van der Waals surface area contributed by atoms with Crippen molar-refractivity contribution >= 4 is 16.9 Å². The van der Waals surface area contributed by atoms with E-state index in [2.05, 4.69) is 35.1 Å². The van der Waals surface area contributed by atoms with Crippen LogP contribution in [0.25, 0.3) is 16.7 Å². The smallest absolute Gasteiger partial charge is 0.256 e. The van der Waals surface area contributed by atoms with Crippen LogP contribution < -0.4 is 0 Å². The Balaban J connectivity index is 1.60. The number of aromatic nitrogens is 5. The van der Waals surface area contributed by atoms with Crippen molar-refractivity contribution in [2.75, 3.05) is 6.54 Å². The molecule has 1 saturated heterocycles. The predicted octanol–water partition coefficient (Wildman–Crippen LogP) is 4.22. The highest BCUT2D eigenvalue weighted by Crippen LogP contribution is 2.39. The monoisotopic (exact) mass is 414 g/mol. The van der Waals surface area contributed by atoms with Gasteiger partial charge in [-0.2, -0.15) is 15.0 Å². The Morgan fingerprint density at radius 1 is 1.06 bits per heavy atom. The number of amides is 1. The third kappa shape index (κ3) is 3.03. The van der Waals surface area contributed by atoms with Gasteiger partial charge in [-0.25, -0.2) is 4.98 Å². The number of carbonyl (C=O) groups is 1. The van der Waals surface area contributed by atoms with Gasteiger partial charge in [0.05, 0.1) is 40.2 Å². The summed E-state index contributed by atoms with van der Waals surface area (Å²) < 4.78 is 0. The molecule has 0 radical (unpaired) electrons. The molecule has 1 unspecified atom stereocenters. The van der Waals surface area contributed by atoms with Gasteiger partial charge in [0.25, 0.3) is 5.91 Å². The van der Waals surface area contributed by atoms with Crippen molar-refractivity contribution in [3.63, 3.8) is 0 Å². The number of fused-ring (bicyclic) bond motifs is 1. The average Bonchev–Trinajstić information content (AvgIpc) is 3.49. The number of imidazole rings is 1. The van der Waals surface area contributed by atoms with Crippen molar-refractivity contribution in [2.24, 2.45) is 0 Å². The molecule has 31 heavy (non-hydrogen) atoms. The molecule has 0 spiro atoms. The Morgan fingerprint density at radius 2 is 1.81 bits per heavy atom. The first-order valence-electron chi connectivity index (χ1n) is 10.6. The molecule has 1 aliphatic rings. The van der Waals surface area contributed by atoms with Crippen LogP contribution in [0.3, 0.4) is 0 Å². The average molecular weight is 415 g/mol. The van der Waals surface area contributed by atoms with E-state index in [1.54, 1.807) is 12.4 Å². The van der Waals surface area contributed by atoms with E-state index < -0.39 is 5.54 Å². The molecule has 158 valence electrons. The molecule has 2 aromatic heterocycles. The number of H-pyrrole nitrogens is 1. The summed E-state index contributed by atoms with van der Waals surface area (Å²) in [6, 6.07) is 10.1. The van der Waals surface area contributed by atoms with Gasteiger partial charge in [-0.1, -0.05) is 12.1 Å². The molecular formula is C24H26N6O. The molecule has 3 heterocycles. The van der Waals surface area contributed by atoms with Crippen molar-refractivity contribution in [2.45, 2.75) is 46.1 Å². The molecule has 4 aromatic rings. The van der Waals surface area contributed by atoms with Crippen LogP contribution in [0, 0.1) is 20.8 Å². The summed E-state index contributed by atoms with van der Waals surface area (Å²) in [4.78, 5) is 25.8. The number of likely N-dealkylation sites (tertiary alicyclic amines) is 1. The summed E-state index contributed by atoms with van der Waals surface area (Å²) >= 11 is 0. The van der Waals surface area contributed by atoms with Crippen LogP contribution in [-0.2, 0) is 5.54 Å². The van der Waals surface area contributed by atoms with Crippen LogP contribution >= 0.6 is 0 Å².